The quantitative estimate of drug-likeness (QED) is 0.444. The molecule has 3 aromatic rings. The summed E-state index contributed by atoms with van der Waals surface area (Å²) in [6, 6.07) is 9.53. The number of rotatable bonds is 4. The van der Waals surface area contributed by atoms with Crippen molar-refractivity contribution in [2.45, 2.75) is 44.4 Å². The highest BCUT2D eigenvalue weighted by molar-refractivity contribution is 5.93. The number of hydrazine groups is 1. The summed E-state index contributed by atoms with van der Waals surface area (Å²) in [7, 11) is 0. The van der Waals surface area contributed by atoms with Gasteiger partial charge in [0.05, 0.1) is 33.0 Å². The van der Waals surface area contributed by atoms with Crippen LogP contribution in [-0.2, 0) is 15.6 Å². The molecule has 2 aliphatic carbocycles. The monoisotopic (exact) mass is 461 g/mol. The number of anilines is 1. The number of nitro benzene ring substituents is 1. The maximum atomic E-state index is 13.8. The van der Waals surface area contributed by atoms with E-state index in [9.17, 15) is 14.9 Å². The van der Waals surface area contributed by atoms with Crippen molar-refractivity contribution in [3.05, 3.63) is 57.9 Å². The number of hydrogen-bond acceptors (Lipinski definition) is 8. The Labute approximate surface area is 194 Å². The molecule has 2 N–H and O–H groups in total. The molecule has 2 heterocycles. The topological polar surface area (TPSA) is 129 Å². The van der Waals surface area contributed by atoms with Gasteiger partial charge in [-0.15, -0.1) is 0 Å². The van der Waals surface area contributed by atoms with E-state index in [2.05, 4.69) is 31.6 Å². The SMILES string of the molecule is CC12CCC(C(=O)NNc3ccc([N+](=O)[O-])cc3)(c3nc4cc5c(cc4nc31)OCO5)C2(C)C. The van der Waals surface area contributed by atoms with Crippen LogP contribution in [0.2, 0.25) is 0 Å². The van der Waals surface area contributed by atoms with Gasteiger partial charge in [0.25, 0.3) is 11.6 Å². The fourth-order valence-electron chi connectivity index (χ4n) is 5.90. The molecule has 10 nitrogen and oxygen atoms in total. The van der Waals surface area contributed by atoms with E-state index in [-0.39, 0.29) is 23.8 Å². The van der Waals surface area contributed by atoms with Crippen LogP contribution in [0.25, 0.3) is 11.0 Å². The van der Waals surface area contributed by atoms with E-state index in [0.717, 1.165) is 12.1 Å². The number of hydrogen-bond donors (Lipinski definition) is 2. The minimum Gasteiger partial charge on any atom is -0.454 e. The second kappa shape index (κ2) is 6.55. The summed E-state index contributed by atoms with van der Waals surface area (Å²) < 4.78 is 11.0. The van der Waals surface area contributed by atoms with Crippen molar-refractivity contribution in [2.24, 2.45) is 5.41 Å². The summed E-state index contributed by atoms with van der Waals surface area (Å²) in [5.74, 6) is 1.07. The number of nitrogens with zero attached hydrogens (tertiary/aromatic N) is 3. The third-order valence-corrected chi connectivity index (χ3v) is 8.32. The van der Waals surface area contributed by atoms with Crippen molar-refractivity contribution < 1.29 is 19.2 Å². The number of nitro groups is 1. The molecule has 2 atom stereocenters. The van der Waals surface area contributed by atoms with E-state index in [0.29, 0.717) is 40.3 Å². The molecule has 2 bridgehead atoms. The van der Waals surface area contributed by atoms with Crippen LogP contribution in [0, 0.1) is 15.5 Å². The third-order valence-electron chi connectivity index (χ3n) is 8.32. The summed E-state index contributed by atoms with van der Waals surface area (Å²) in [4.78, 5) is 34.2. The van der Waals surface area contributed by atoms with Crippen LogP contribution in [0.3, 0.4) is 0 Å². The molecule has 1 saturated carbocycles. The molecule has 1 fully saturated rings. The van der Waals surface area contributed by atoms with Crippen LogP contribution in [0.15, 0.2) is 36.4 Å². The lowest BCUT2D eigenvalue weighted by molar-refractivity contribution is -0.384. The van der Waals surface area contributed by atoms with Gasteiger partial charge in [0.2, 0.25) is 6.79 Å². The smallest absolute Gasteiger partial charge is 0.269 e. The summed E-state index contributed by atoms with van der Waals surface area (Å²) in [6.07, 6.45) is 1.45. The van der Waals surface area contributed by atoms with E-state index in [4.69, 9.17) is 19.4 Å². The van der Waals surface area contributed by atoms with Gasteiger partial charge in [-0.25, -0.2) is 9.97 Å². The number of non-ortho nitro benzene ring substituents is 1. The lowest BCUT2D eigenvalue weighted by atomic mass is 9.63. The van der Waals surface area contributed by atoms with Crippen LogP contribution >= 0.6 is 0 Å². The molecular formula is C24H23N5O5. The minimum atomic E-state index is -0.886. The molecule has 3 aliphatic rings. The predicted octanol–water partition coefficient (Wildman–Crippen LogP) is 3.74. The molecule has 2 aromatic carbocycles. The van der Waals surface area contributed by atoms with Gasteiger partial charge in [0.1, 0.15) is 5.41 Å². The number of aromatic nitrogens is 2. The second-order valence-electron chi connectivity index (χ2n) is 9.86. The second-order valence-corrected chi connectivity index (χ2v) is 9.86. The van der Waals surface area contributed by atoms with E-state index in [1.807, 2.05) is 12.1 Å². The zero-order valence-corrected chi connectivity index (χ0v) is 19.0. The summed E-state index contributed by atoms with van der Waals surface area (Å²) in [5, 5.41) is 10.9. The molecule has 0 saturated heterocycles. The molecule has 0 radical (unpaired) electrons. The largest absolute Gasteiger partial charge is 0.454 e. The first-order chi connectivity index (χ1) is 16.2. The number of ether oxygens (including phenoxy) is 2. The van der Waals surface area contributed by atoms with Gasteiger partial charge in [-0.2, -0.15) is 0 Å². The fourth-order valence-corrected chi connectivity index (χ4v) is 5.90. The van der Waals surface area contributed by atoms with Gasteiger partial charge in [-0.3, -0.25) is 25.8 Å². The van der Waals surface area contributed by atoms with Crippen LogP contribution in [0.1, 0.15) is 45.0 Å². The maximum Gasteiger partial charge on any atom is 0.269 e. The van der Waals surface area contributed by atoms with Crippen molar-refractivity contribution >= 4 is 28.3 Å². The van der Waals surface area contributed by atoms with Crippen LogP contribution in [0.5, 0.6) is 11.5 Å². The van der Waals surface area contributed by atoms with Crippen molar-refractivity contribution in [1.82, 2.24) is 15.4 Å². The number of amides is 1. The molecule has 10 heteroatoms. The predicted molar refractivity (Wildman–Crippen MR) is 123 cm³/mol. The number of nitrogens with one attached hydrogen (secondary N) is 2. The van der Waals surface area contributed by atoms with Crippen molar-refractivity contribution in [3.63, 3.8) is 0 Å². The first kappa shape index (κ1) is 20.6. The molecule has 1 aromatic heterocycles. The van der Waals surface area contributed by atoms with Gasteiger partial charge < -0.3 is 9.47 Å². The first-order valence-corrected chi connectivity index (χ1v) is 11.1. The van der Waals surface area contributed by atoms with Gasteiger partial charge in [-0.1, -0.05) is 20.8 Å². The Morgan fingerprint density at radius 3 is 2.24 bits per heavy atom. The highest BCUT2D eigenvalue weighted by Crippen LogP contribution is 2.70. The molecule has 1 aliphatic heterocycles. The molecular weight excluding hydrogens is 438 g/mol. The van der Waals surface area contributed by atoms with Gasteiger partial charge >= 0.3 is 0 Å². The highest BCUT2D eigenvalue weighted by atomic mass is 16.7. The average molecular weight is 461 g/mol. The molecule has 2 unspecified atom stereocenters. The van der Waals surface area contributed by atoms with Crippen molar-refractivity contribution in [3.8, 4) is 11.5 Å². The Morgan fingerprint density at radius 1 is 1.00 bits per heavy atom. The number of benzene rings is 2. The normalized spacial score (nSPS) is 25.3. The van der Waals surface area contributed by atoms with Crippen LogP contribution in [0.4, 0.5) is 11.4 Å². The third kappa shape index (κ3) is 2.42. The van der Waals surface area contributed by atoms with E-state index in [1.54, 1.807) is 12.1 Å². The van der Waals surface area contributed by atoms with Crippen LogP contribution in [-0.4, -0.2) is 27.6 Å². The summed E-state index contributed by atoms with van der Waals surface area (Å²) in [5.41, 5.74) is 7.53. The number of carbonyl (C=O) groups is 1. The number of fused-ring (bicyclic) bond motifs is 7. The van der Waals surface area contributed by atoms with Gasteiger partial charge in [-0.05, 0) is 30.4 Å². The van der Waals surface area contributed by atoms with E-state index < -0.39 is 15.8 Å². The Hall–Kier alpha value is -3.95. The van der Waals surface area contributed by atoms with Crippen LogP contribution < -0.4 is 20.3 Å². The Morgan fingerprint density at radius 2 is 1.62 bits per heavy atom. The average Bonchev–Trinajstić information content (AvgIpc) is 3.39. The molecule has 34 heavy (non-hydrogen) atoms. The summed E-state index contributed by atoms with van der Waals surface area (Å²) in [6.45, 7) is 6.53. The Kier molecular flexibility index (Phi) is 3.98. The molecule has 174 valence electrons. The van der Waals surface area contributed by atoms with Gasteiger partial charge in [0.15, 0.2) is 11.5 Å². The number of carbonyl (C=O) groups excluding carboxylic acids is 1. The van der Waals surface area contributed by atoms with Gasteiger partial charge in [0, 0.05) is 29.7 Å². The molecule has 1 amide bonds. The lowest BCUT2D eigenvalue weighted by Crippen LogP contribution is -2.52. The Bertz CT molecular complexity index is 1390. The highest BCUT2D eigenvalue weighted by Gasteiger charge is 2.73. The van der Waals surface area contributed by atoms with Crippen molar-refractivity contribution in [2.75, 3.05) is 12.2 Å². The standard InChI is InChI=1S/C24H23N5O5/c1-22(2)23(3)8-9-24(22,21(30)28-27-13-4-6-14(7-5-13)29(31)32)20-19(23)25-15-10-17-18(34-12-33-17)11-16(15)26-20/h4-7,10-11,27H,8-9,12H2,1-3H3,(H,28,30). The summed E-state index contributed by atoms with van der Waals surface area (Å²) >= 11 is 0. The van der Waals surface area contributed by atoms with Crippen molar-refractivity contribution in [1.29, 1.82) is 0 Å². The zero-order chi connectivity index (χ0) is 23.9. The molecule has 6 rings (SSSR count). The first-order valence-electron chi connectivity index (χ1n) is 11.1. The fraction of sp³-hybridized carbons (Fsp3) is 0.375. The zero-order valence-electron chi connectivity index (χ0n) is 19.0. The van der Waals surface area contributed by atoms with E-state index >= 15 is 0 Å². The van der Waals surface area contributed by atoms with E-state index in [1.165, 1.54) is 12.1 Å². The Balaban J connectivity index is 1.40. The maximum absolute atomic E-state index is 13.8. The lowest BCUT2D eigenvalue weighted by Gasteiger charge is -2.39. The molecule has 0 spiro atoms. The minimum absolute atomic E-state index is 0.0177.